The molecule has 0 heterocycles. The van der Waals surface area contributed by atoms with Crippen LogP contribution < -0.4 is 11.1 Å². The zero-order valence-electron chi connectivity index (χ0n) is 13.6. The van der Waals surface area contributed by atoms with Crippen LogP contribution in [0.5, 0.6) is 0 Å². The number of amides is 1. The fraction of sp³-hybridized carbons (Fsp3) is 0.938. The van der Waals surface area contributed by atoms with E-state index in [2.05, 4.69) is 33.0 Å². The van der Waals surface area contributed by atoms with E-state index in [0.29, 0.717) is 12.6 Å². The Morgan fingerprint density at radius 1 is 1.30 bits per heavy atom. The maximum Gasteiger partial charge on any atom is 0.227 e. The number of rotatable bonds is 6. The Kier molecular flexibility index (Phi) is 8.76. The maximum absolute atomic E-state index is 12.5. The van der Waals surface area contributed by atoms with Gasteiger partial charge in [-0.3, -0.25) is 4.79 Å². The molecule has 0 saturated heterocycles. The van der Waals surface area contributed by atoms with Crippen molar-refractivity contribution in [2.24, 2.45) is 23.0 Å². The molecule has 1 aliphatic rings. The molecule has 20 heavy (non-hydrogen) atoms. The first-order chi connectivity index (χ1) is 8.99. The first-order valence-electron chi connectivity index (χ1n) is 8.00. The molecular formula is C16H33ClN2O. The molecule has 0 radical (unpaired) electrons. The van der Waals surface area contributed by atoms with Gasteiger partial charge in [0.05, 0.1) is 5.41 Å². The Morgan fingerprint density at radius 2 is 1.90 bits per heavy atom. The van der Waals surface area contributed by atoms with E-state index in [0.717, 1.165) is 37.5 Å². The lowest BCUT2D eigenvalue weighted by atomic mass is 9.77. The standard InChI is InChI=1S/C16H32N2O.ClH/c1-5-16(6-2,11-17)15(19)18-14-9-7-8-13(10-14)12(3)4;/h12-14H,5-11,17H2,1-4H3,(H,18,19);1H. The SMILES string of the molecule is CCC(CC)(CN)C(=O)NC1CCCC(C(C)C)C1.Cl. The summed E-state index contributed by atoms with van der Waals surface area (Å²) in [6.07, 6.45) is 6.47. The van der Waals surface area contributed by atoms with Crippen LogP contribution in [-0.2, 0) is 4.79 Å². The molecule has 0 aromatic carbocycles. The molecule has 2 atom stereocenters. The summed E-state index contributed by atoms with van der Waals surface area (Å²) in [5, 5.41) is 3.28. The molecule has 1 amide bonds. The highest BCUT2D eigenvalue weighted by molar-refractivity contribution is 5.85. The van der Waals surface area contributed by atoms with Crippen LogP contribution in [-0.4, -0.2) is 18.5 Å². The van der Waals surface area contributed by atoms with Crippen molar-refractivity contribution in [3.63, 3.8) is 0 Å². The number of carbonyl (C=O) groups excluding carboxylic acids is 1. The fourth-order valence-electron chi connectivity index (χ4n) is 3.26. The molecule has 3 N–H and O–H groups in total. The summed E-state index contributed by atoms with van der Waals surface area (Å²) in [6.45, 7) is 9.15. The van der Waals surface area contributed by atoms with E-state index in [1.54, 1.807) is 0 Å². The normalized spacial score (nSPS) is 23.3. The summed E-state index contributed by atoms with van der Waals surface area (Å²) < 4.78 is 0. The highest BCUT2D eigenvalue weighted by Gasteiger charge is 2.35. The average molecular weight is 305 g/mol. The van der Waals surface area contributed by atoms with Crippen molar-refractivity contribution in [1.29, 1.82) is 0 Å². The lowest BCUT2D eigenvalue weighted by Gasteiger charge is -2.35. The summed E-state index contributed by atoms with van der Waals surface area (Å²) in [5.74, 6) is 1.65. The molecule has 0 spiro atoms. The third-order valence-corrected chi connectivity index (χ3v) is 5.22. The molecular weight excluding hydrogens is 272 g/mol. The molecule has 120 valence electrons. The minimum absolute atomic E-state index is 0. The first kappa shape index (κ1) is 19.7. The molecule has 1 rings (SSSR count). The second-order valence-corrected chi connectivity index (χ2v) is 6.53. The summed E-state index contributed by atoms with van der Waals surface area (Å²) in [4.78, 5) is 12.5. The summed E-state index contributed by atoms with van der Waals surface area (Å²) in [5.41, 5.74) is 5.49. The van der Waals surface area contributed by atoms with Crippen LogP contribution in [0.4, 0.5) is 0 Å². The van der Waals surface area contributed by atoms with Gasteiger partial charge >= 0.3 is 0 Å². The van der Waals surface area contributed by atoms with Crippen LogP contribution in [0.3, 0.4) is 0 Å². The zero-order chi connectivity index (χ0) is 14.5. The van der Waals surface area contributed by atoms with Crippen molar-refractivity contribution >= 4 is 18.3 Å². The second kappa shape index (κ2) is 8.89. The number of nitrogens with one attached hydrogen (secondary N) is 1. The van der Waals surface area contributed by atoms with Crippen LogP contribution in [0.1, 0.15) is 66.2 Å². The summed E-state index contributed by atoms with van der Waals surface area (Å²) in [6, 6.07) is 0.359. The topological polar surface area (TPSA) is 55.1 Å². The van der Waals surface area contributed by atoms with Crippen molar-refractivity contribution in [3.05, 3.63) is 0 Å². The quantitative estimate of drug-likeness (QED) is 0.789. The Morgan fingerprint density at radius 3 is 2.35 bits per heavy atom. The predicted molar refractivity (Wildman–Crippen MR) is 88.0 cm³/mol. The molecule has 1 aliphatic carbocycles. The summed E-state index contributed by atoms with van der Waals surface area (Å²) >= 11 is 0. The van der Waals surface area contributed by atoms with Gasteiger partial charge in [-0.1, -0.05) is 40.5 Å². The van der Waals surface area contributed by atoms with E-state index in [1.165, 1.54) is 12.8 Å². The number of hydrogen-bond acceptors (Lipinski definition) is 2. The molecule has 0 aromatic heterocycles. The van der Waals surface area contributed by atoms with Crippen molar-refractivity contribution in [2.45, 2.75) is 72.3 Å². The smallest absolute Gasteiger partial charge is 0.227 e. The van der Waals surface area contributed by atoms with Crippen LogP contribution in [0.15, 0.2) is 0 Å². The number of carbonyl (C=O) groups is 1. The Bertz CT molecular complexity index is 282. The lowest BCUT2D eigenvalue weighted by molar-refractivity contribution is -0.132. The fourth-order valence-corrected chi connectivity index (χ4v) is 3.26. The minimum atomic E-state index is -0.356. The van der Waals surface area contributed by atoms with Crippen molar-refractivity contribution < 1.29 is 4.79 Å². The first-order valence-corrected chi connectivity index (χ1v) is 8.00. The van der Waals surface area contributed by atoms with Gasteiger partial charge in [-0.25, -0.2) is 0 Å². The van der Waals surface area contributed by atoms with Gasteiger partial charge in [-0.15, -0.1) is 12.4 Å². The van der Waals surface area contributed by atoms with Crippen LogP contribution in [0.2, 0.25) is 0 Å². The Balaban J connectivity index is 0.00000361. The molecule has 1 saturated carbocycles. The van der Waals surface area contributed by atoms with Crippen molar-refractivity contribution in [3.8, 4) is 0 Å². The van der Waals surface area contributed by atoms with Crippen molar-refractivity contribution in [2.75, 3.05) is 6.54 Å². The van der Waals surface area contributed by atoms with Gasteiger partial charge in [0.15, 0.2) is 0 Å². The molecule has 4 heteroatoms. The van der Waals surface area contributed by atoms with E-state index in [-0.39, 0.29) is 23.7 Å². The third kappa shape index (κ3) is 4.63. The molecule has 3 nitrogen and oxygen atoms in total. The Hall–Kier alpha value is -0.280. The minimum Gasteiger partial charge on any atom is -0.353 e. The molecule has 1 fully saturated rings. The monoisotopic (exact) mass is 304 g/mol. The van der Waals surface area contributed by atoms with Gasteiger partial charge in [0.25, 0.3) is 0 Å². The molecule has 0 bridgehead atoms. The Labute approximate surface area is 130 Å². The third-order valence-electron chi connectivity index (χ3n) is 5.22. The van der Waals surface area contributed by atoms with Gasteiger partial charge in [0.2, 0.25) is 5.91 Å². The van der Waals surface area contributed by atoms with E-state index in [4.69, 9.17) is 5.73 Å². The largest absolute Gasteiger partial charge is 0.353 e. The van der Waals surface area contributed by atoms with Gasteiger partial charge in [-0.2, -0.15) is 0 Å². The molecule has 0 aliphatic heterocycles. The molecule has 0 aromatic rings. The van der Waals surface area contributed by atoms with Crippen LogP contribution in [0.25, 0.3) is 0 Å². The van der Waals surface area contributed by atoms with E-state index in [9.17, 15) is 4.79 Å². The summed E-state index contributed by atoms with van der Waals surface area (Å²) in [7, 11) is 0. The maximum atomic E-state index is 12.5. The van der Waals surface area contributed by atoms with Crippen LogP contribution in [0, 0.1) is 17.3 Å². The van der Waals surface area contributed by atoms with Crippen LogP contribution >= 0.6 is 12.4 Å². The van der Waals surface area contributed by atoms with E-state index >= 15 is 0 Å². The molecule has 2 unspecified atom stereocenters. The lowest BCUT2D eigenvalue weighted by Crippen LogP contribution is -2.50. The van der Waals surface area contributed by atoms with Gasteiger partial charge < -0.3 is 11.1 Å². The highest BCUT2D eigenvalue weighted by Crippen LogP contribution is 2.31. The highest BCUT2D eigenvalue weighted by atomic mass is 35.5. The number of hydrogen-bond donors (Lipinski definition) is 2. The second-order valence-electron chi connectivity index (χ2n) is 6.53. The van der Waals surface area contributed by atoms with E-state index < -0.39 is 0 Å². The number of nitrogens with two attached hydrogens (primary N) is 1. The zero-order valence-corrected chi connectivity index (χ0v) is 14.4. The van der Waals surface area contributed by atoms with E-state index in [1.807, 2.05) is 0 Å². The number of halogens is 1. The van der Waals surface area contributed by atoms with Gasteiger partial charge in [0, 0.05) is 12.6 Å². The predicted octanol–water partition coefficient (Wildman–Crippen LogP) is 3.50. The average Bonchev–Trinajstić information content (AvgIpc) is 2.41. The van der Waals surface area contributed by atoms with Gasteiger partial charge in [0.1, 0.15) is 0 Å². The van der Waals surface area contributed by atoms with Gasteiger partial charge in [-0.05, 0) is 37.5 Å². The van der Waals surface area contributed by atoms with Crippen molar-refractivity contribution in [1.82, 2.24) is 5.32 Å².